The van der Waals surface area contributed by atoms with Crippen LogP contribution in [0.2, 0.25) is 0 Å². The number of benzene rings is 2. The molecule has 4 aliphatic carbocycles. The Kier molecular flexibility index (Phi) is 7.39. The van der Waals surface area contributed by atoms with Crippen LogP contribution in [0.25, 0.3) is 11.1 Å². The number of amides is 1. The molecule has 1 amide bonds. The molecule has 4 aliphatic rings. The molecule has 0 radical (unpaired) electrons. The monoisotopic (exact) mass is 579 g/mol. The van der Waals surface area contributed by atoms with Crippen LogP contribution in [0.1, 0.15) is 77.2 Å². The Balaban J connectivity index is 1.14. The number of carbonyl (C=O) groups is 1. The van der Waals surface area contributed by atoms with Crippen molar-refractivity contribution in [3.05, 3.63) is 60.2 Å². The molecule has 0 aromatic heterocycles. The summed E-state index contributed by atoms with van der Waals surface area (Å²) in [5, 5.41) is 14.8. The predicted molar refractivity (Wildman–Crippen MR) is 160 cm³/mol. The summed E-state index contributed by atoms with van der Waals surface area (Å²) in [6.45, 7) is 4.74. The molecule has 6 rings (SSSR count). The van der Waals surface area contributed by atoms with Crippen LogP contribution in [0.5, 0.6) is 0 Å². The van der Waals surface area contributed by atoms with Gasteiger partial charge in [-0.3, -0.25) is 9.35 Å². The van der Waals surface area contributed by atoms with Crippen molar-refractivity contribution in [3.63, 3.8) is 0 Å². The Hall–Kier alpha value is -2.22. The van der Waals surface area contributed by atoms with E-state index in [1.807, 2.05) is 6.07 Å². The van der Waals surface area contributed by atoms with E-state index in [2.05, 4.69) is 67.7 Å². The molecule has 0 saturated heterocycles. The van der Waals surface area contributed by atoms with Gasteiger partial charge in [-0.2, -0.15) is 8.42 Å². The zero-order valence-electron chi connectivity index (χ0n) is 24.4. The molecule has 2 aromatic rings. The first-order chi connectivity index (χ1) is 19.4. The molecule has 222 valence electrons. The summed E-state index contributed by atoms with van der Waals surface area (Å²) in [6, 6.07) is 18.9. The third-order valence-electron chi connectivity index (χ3n) is 12.2. The highest BCUT2D eigenvalue weighted by atomic mass is 32.2. The van der Waals surface area contributed by atoms with Gasteiger partial charge in [-0.25, -0.2) is 0 Å². The lowest BCUT2D eigenvalue weighted by Gasteiger charge is -2.62. The largest absolute Gasteiger partial charge is 0.385 e. The van der Waals surface area contributed by atoms with Gasteiger partial charge in [0.25, 0.3) is 10.1 Å². The number of nitrogens with one attached hydrogen (secondary N) is 1. The van der Waals surface area contributed by atoms with Crippen molar-refractivity contribution in [2.45, 2.75) is 77.2 Å². The van der Waals surface area contributed by atoms with Gasteiger partial charge in [0.2, 0.25) is 5.91 Å². The second-order valence-corrected chi connectivity index (χ2v) is 15.7. The third-order valence-corrected chi connectivity index (χ3v) is 13.0. The smallest absolute Gasteiger partial charge is 0.266 e. The second kappa shape index (κ2) is 10.5. The first-order valence-corrected chi connectivity index (χ1v) is 17.2. The summed E-state index contributed by atoms with van der Waals surface area (Å²) < 4.78 is 31.2. The van der Waals surface area contributed by atoms with E-state index in [4.69, 9.17) is 4.55 Å². The maximum absolute atomic E-state index is 13.1. The van der Waals surface area contributed by atoms with Gasteiger partial charge in [-0.05, 0) is 109 Å². The predicted octanol–water partition coefficient (Wildman–Crippen LogP) is 6.20. The van der Waals surface area contributed by atoms with Crippen molar-refractivity contribution in [3.8, 4) is 11.1 Å². The highest BCUT2D eigenvalue weighted by Gasteiger charge is 2.62. The highest BCUT2D eigenvalue weighted by Crippen LogP contribution is 2.68. The van der Waals surface area contributed by atoms with E-state index in [1.165, 1.54) is 11.1 Å². The fourth-order valence-corrected chi connectivity index (χ4v) is 10.3. The van der Waals surface area contributed by atoms with Crippen LogP contribution >= 0.6 is 0 Å². The zero-order valence-corrected chi connectivity index (χ0v) is 25.2. The summed E-state index contributed by atoms with van der Waals surface area (Å²) in [4.78, 5) is 13.1. The van der Waals surface area contributed by atoms with Crippen molar-refractivity contribution in [1.82, 2.24) is 5.32 Å². The van der Waals surface area contributed by atoms with Gasteiger partial charge in [-0.15, -0.1) is 0 Å². The molecule has 0 bridgehead atoms. The first kappa shape index (κ1) is 28.9. The Labute approximate surface area is 245 Å². The summed E-state index contributed by atoms with van der Waals surface area (Å²) in [5.74, 6) is 1.60. The van der Waals surface area contributed by atoms with Crippen molar-refractivity contribution in [2.24, 2.45) is 40.4 Å². The number of carbonyl (C=O) groups excluding carboxylic acids is 1. The maximum Gasteiger partial charge on any atom is 0.266 e. The average Bonchev–Trinajstić information content (AvgIpc) is 3.31. The molecule has 0 aliphatic heterocycles. The standard InChI is InChI=1S/C34H45NO5S/c1-32-18-19-34(37,25-10-8-24(9-11-25)23-6-4-3-5-7-23)22-26(32)12-13-27-28-14-15-30(33(28,2)17-16-29(27)32)31(36)35-20-21-41(38,39)40/h3-11,26-30,37H,12-22H2,1-2H3,(H,35,36)(H,38,39,40)/t26-,27+,28+,29+,30-,32+,33+,34+/m1/s1. The van der Waals surface area contributed by atoms with Crippen molar-refractivity contribution in [2.75, 3.05) is 12.3 Å². The van der Waals surface area contributed by atoms with Crippen molar-refractivity contribution in [1.29, 1.82) is 0 Å². The minimum absolute atomic E-state index is 0.0430. The van der Waals surface area contributed by atoms with Gasteiger partial charge < -0.3 is 10.4 Å². The van der Waals surface area contributed by atoms with Crippen LogP contribution in [0, 0.1) is 40.4 Å². The lowest BCUT2D eigenvalue weighted by molar-refractivity contribution is -0.156. The van der Waals surface area contributed by atoms with Crippen LogP contribution in [0.4, 0.5) is 0 Å². The van der Waals surface area contributed by atoms with Crippen molar-refractivity contribution >= 4 is 16.0 Å². The van der Waals surface area contributed by atoms with E-state index >= 15 is 0 Å². The van der Waals surface area contributed by atoms with Crippen LogP contribution in [-0.2, 0) is 20.5 Å². The second-order valence-electron chi connectivity index (χ2n) is 14.1. The van der Waals surface area contributed by atoms with E-state index in [-0.39, 0.29) is 29.2 Å². The zero-order chi connectivity index (χ0) is 29.0. The quantitative estimate of drug-likeness (QED) is 0.354. The molecule has 8 atom stereocenters. The van der Waals surface area contributed by atoms with E-state index in [9.17, 15) is 18.3 Å². The van der Waals surface area contributed by atoms with Gasteiger partial charge in [0.05, 0.1) is 11.4 Å². The van der Waals surface area contributed by atoms with E-state index in [0.29, 0.717) is 23.7 Å². The molecule has 0 unspecified atom stereocenters. The van der Waals surface area contributed by atoms with E-state index in [0.717, 1.165) is 63.4 Å². The SMILES string of the molecule is C[C@]12CC[C@@](O)(c3ccc(-c4ccccc4)cc3)C[C@H]1CC[C@@H]1[C@@H]2CC[C@]2(C)[C@@H](C(=O)NCCS(=O)(=O)O)CC[C@@H]12. The molecule has 7 heteroatoms. The fourth-order valence-electron chi connectivity index (χ4n) is 9.97. The van der Waals surface area contributed by atoms with E-state index < -0.39 is 21.5 Å². The molecule has 41 heavy (non-hydrogen) atoms. The molecule has 0 spiro atoms. The Morgan fingerprint density at radius 2 is 1.54 bits per heavy atom. The van der Waals surface area contributed by atoms with Crippen molar-refractivity contribution < 1.29 is 22.9 Å². The van der Waals surface area contributed by atoms with Gasteiger partial charge in [0.1, 0.15) is 0 Å². The summed E-state index contributed by atoms with van der Waals surface area (Å²) >= 11 is 0. The molecule has 6 nitrogen and oxygen atoms in total. The average molecular weight is 580 g/mol. The molecular formula is C34H45NO5S. The van der Waals surface area contributed by atoms with Crippen LogP contribution < -0.4 is 5.32 Å². The Morgan fingerprint density at radius 1 is 0.854 bits per heavy atom. The number of hydrogen-bond donors (Lipinski definition) is 3. The van der Waals surface area contributed by atoms with E-state index in [1.54, 1.807) is 0 Å². The van der Waals surface area contributed by atoms with Crippen LogP contribution in [-0.4, -0.2) is 36.3 Å². The molecule has 4 saturated carbocycles. The molecule has 3 N–H and O–H groups in total. The molecule has 2 aromatic carbocycles. The number of aliphatic hydroxyl groups is 1. The lowest BCUT2D eigenvalue weighted by atomic mass is 9.43. The molecular weight excluding hydrogens is 534 g/mol. The number of fused-ring (bicyclic) bond motifs is 5. The fraction of sp³-hybridized carbons (Fsp3) is 0.618. The number of hydrogen-bond acceptors (Lipinski definition) is 4. The van der Waals surface area contributed by atoms with Gasteiger partial charge in [0.15, 0.2) is 0 Å². The maximum atomic E-state index is 13.1. The highest BCUT2D eigenvalue weighted by molar-refractivity contribution is 7.85. The summed E-state index contributed by atoms with van der Waals surface area (Å²) in [6.07, 6.45) is 8.94. The molecule has 4 fully saturated rings. The minimum Gasteiger partial charge on any atom is -0.385 e. The number of rotatable bonds is 6. The van der Waals surface area contributed by atoms with Gasteiger partial charge in [-0.1, -0.05) is 68.4 Å². The topological polar surface area (TPSA) is 104 Å². The summed E-state index contributed by atoms with van der Waals surface area (Å²) in [5.41, 5.74) is 2.75. The summed E-state index contributed by atoms with van der Waals surface area (Å²) in [7, 11) is -4.09. The Morgan fingerprint density at radius 3 is 2.24 bits per heavy atom. The lowest BCUT2D eigenvalue weighted by Crippen LogP contribution is -2.56. The van der Waals surface area contributed by atoms with Crippen LogP contribution in [0.15, 0.2) is 54.6 Å². The normalized spacial score (nSPS) is 38.4. The van der Waals surface area contributed by atoms with Gasteiger partial charge in [0, 0.05) is 12.5 Å². The Bertz CT molecular complexity index is 1380. The van der Waals surface area contributed by atoms with Gasteiger partial charge >= 0.3 is 0 Å². The third kappa shape index (κ3) is 5.16. The minimum atomic E-state index is -4.09. The molecule has 0 heterocycles. The first-order valence-electron chi connectivity index (χ1n) is 15.5. The van der Waals surface area contributed by atoms with Crippen LogP contribution in [0.3, 0.4) is 0 Å².